The molecule has 3 heteroatoms. The summed E-state index contributed by atoms with van der Waals surface area (Å²) in [6.07, 6.45) is 8.82. The van der Waals surface area contributed by atoms with Gasteiger partial charge in [-0.1, -0.05) is 31.4 Å². The highest BCUT2D eigenvalue weighted by Crippen LogP contribution is 2.54. The van der Waals surface area contributed by atoms with Crippen LogP contribution in [-0.2, 0) is 6.42 Å². The number of phenols is 1. The molecule has 0 fully saturated rings. The van der Waals surface area contributed by atoms with Gasteiger partial charge in [0.05, 0.1) is 0 Å². The molecule has 0 bridgehead atoms. The number of ether oxygens (including phenoxy) is 1. The van der Waals surface area contributed by atoms with E-state index in [1.807, 2.05) is 6.07 Å². The Morgan fingerprint density at radius 3 is 2.83 bits per heavy atom. The van der Waals surface area contributed by atoms with Crippen LogP contribution in [0.1, 0.15) is 69.9 Å². The molecular weight excluding hydrogens is 298 g/mol. The topological polar surface area (TPSA) is 55.5 Å². The van der Waals surface area contributed by atoms with Gasteiger partial charge >= 0.3 is 0 Å². The molecule has 1 aromatic rings. The minimum absolute atomic E-state index is 0.303. The van der Waals surface area contributed by atoms with E-state index >= 15 is 0 Å². The summed E-state index contributed by atoms with van der Waals surface area (Å²) in [5.74, 6) is 1.89. The Kier molecular flexibility index (Phi) is 4.91. The molecule has 0 saturated heterocycles. The summed E-state index contributed by atoms with van der Waals surface area (Å²) < 4.78 is 6.39. The van der Waals surface area contributed by atoms with Crippen LogP contribution in [0.5, 0.6) is 11.5 Å². The molecule has 1 aromatic carbocycles. The molecule has 3 atom stereocenters. The van der Waals surface area contributed by atoms with Crippen molar-refractivity contribution in [1.82, 2.24) is 0 Å². The lowest BCUT2D eigenvalue weighted by Crippen LogP contribution is -2.52. The first-order valence-electron chi connectivity index (χ1n) is 9.39. The molecule has 3 nitrogen and oxygen atoms in total. The summed E-state index contributed by atoms with van der Waals surface area (Å²) in [6, 6.07) is 4.09. The van der Waals surface area contributed by atoms with Gasteiger partial charge in [-0.15, -0.1) is 0 Å². The molecule has 24 heavy (non-hydrogen) atoms. The van der Waals surface area contributed by atoms with Crippen molar-refractivity contribution in [1.29, 1.82) is 0 Å². The number of aromatic hydroxyl groups is 1. The zero-order valence-electron chi connectivity index (χ0n) is 15.3. The Labute approximate surface area is 145 Å². The Morgan fingerprint density at radius 2 is 2.12 bits per heavy atom. The molecule has 132 valence electrons. The van der Waals surface area contributed by atoms with Gasteiger partial charge in [-0.25, -0.2) is 0 Å². The van der Waals surface area contributed by atoms with E-state index in [9.17, 15) is 5.11 Å². The fourth-order valence-electron chi connectivity index (χ4n) is 4.41. The first-order chi connectivity index (χ1) is 11.5. The van der Waals surface area contributed by atoms with Gasteiger partial charge in [0.15, 0.2) is 0 Å². The normalized spacial score (nSPS) is 28.6. The van der Waals surface area contributed by atoms with E-state index in [1.165, 1.54) is 24.0 Å². The third-order valence-electron chi connectivity index (χ3n) is 5.90. The van der Waals surface area contributed by atoms with Crippen molar-refractivity contribution >= 4 is 0 Å². The highest BCUT2D eigenvalue weighted by Gasteiger charge is 2.47. The van der Waals surface area contributed by atoms with E-state index in [0.29, 0.717) is 24.1 Å². The maximum atomic E-state index is 10.7. The predicted octanol–water partition coefficient (Wildman–Crippen LogP) is 4.67. The number of rotatable bonds is 5. The summed E-state index contributed by atoms with van der Waals surface area (Å²) in [7, 11) is 0. The number of allylic oxidation sites excluding steroid dienone is 2. The average Bonchev–Trinajstić information content (AvgIpc) is 2.54. The maximum absolute atomic E-state index is 10.7. The molecule has 2 aliphatic rings. The lowest BCUT2D eigenvalue weighted by Gasteiger charge is -2.48. The van der Waals surface area contributed by atoms with E-state index in [2.05, 4.69) is 32.9 Å². The number of benzene rings is 1. The number of aryl methyl sites for hydroxylation is 1. The Balaban J connectivity index is 1.99. The zero-order valence-corrected chi connectivity index (χ0v) is 15.3. The van der Waals surface area contributed by atoms with Crippen molar-refractivity contribution in [3.8, 4) is 11.5 Å². The van der Waals surface area contributed by atoms with Crippen LogP contribution in [0, 0.1) is 5.92 Å². The van der Waals surface area contributed by atoms with Crippen molar-refractivity contribution in [2.75, 3.05) is 6.54 Å². The van der Waals surface area contributed by atoms with E-state index in [-0.39, 0.29) is 5.60 Å². The van der Waals surface area contributed by atoms with Crippen LogP contribution in [-0.4, -0.2) is 17.3 Å². The monoisotopic (exact) mass is 329 g/mol. The number of unbranched alkanes of at least 4 members (excludes halogenated alkanes) is 2. The SMILES string of the molecule is CCCCCc1cc(O)c2c(c1)OC(C)(CN)[C@@H]1CC=C(C)C[C@@H]21. The van der Waals surface area contributed by atoms with Crippen LogP contribution in [0.2, 0.25) is 0 Å². The van der Waals surface area contributed by atoms with Gasteiger partial charge in [0.25, 0.3) is 0 Å². The molecule has 0 spiro atoms. The lowest BCUT2D eigenvalue weighted by molar-refractivity contribution is -0.00105. The van der Waals surface area contributed by atoms with Crippen LogP contribution < -0.4 is 10.5 Å². The summed E-state index contributed by atoms with van der Waals surface area (Å²) >= 11 is 0. The van der Waals surface area contributed by atoms with E-state index < -0.39 is 0 Å². The van der Waals surface area contributed by atoms with Crippen molar-refractivity contribution < 1.29 is 9.84 Å². The van der Waals surface area contributed by atoms with Crippen molar-refractivity contribution in [3.05, 3.63) is 34.9 Å². The van der Waals surface area contributed by atoms with Gasteiger partial charge in [0.1, 0.15) is 17.1 Å². The van der Waals surface area contributed by atoms with Gasteiger partial charge in [-0.05, 0) is 57.2 Å². The fourth-order valence-corrected chi connectivity index (χ4v) is 4.41. The first kappa shape index (κ1) is 17.3. The van der Waals surface area contributed by atoms with Crippen LogP contribution in [0.4, 0.5) is 0 Å². The number of hydrogen-bond donors (Lipinski definition) is 2. The second-order valence-corrected chi connectivity index (χ2v) is 7.81. The molecule has 0 amide bonds. The van der Waals surface area contributed by atoms with Gasteiger partial charge in [-0.3, -0.25) is 0 Å². The average molecular weight is 329 g/mol. The van der Waals surface area contributed by atoms with Crippen molar-refractivity contribution in [2.24, 2.45) is 11.7 Å². The molecule has 0 radical (unpaired) electrons. The maximum Gasteiger partial charge on any atom is 0.127 e. The highest BCUT2D eigenvalue weighted by molar-refractivity contribution is 5.52. The van der Waals surface area contributed by atoms with E-state index in [0.717, 1.165) is 37.0 Å². The molecule has 0 aromatic heterocycles. The number of phenolic OH excluding ortho intramolecular Hbond substituents is 1. The first-order valence-corrected chi connectivity index (χ1v) is 9.39. The lowest BCUT2D eigenvalue weighted by atomic mass is 9.66. The zero-order chi connectivity index (χ0) is 17.3. The van der Waals surface area contributed by atoms with Crippen LogP contribution in [0.3, 0.4) is 0 Å². The minimum Gasteiger partial charge on any atom is -0.508 e. The fraction of sp³-hybridized carbons (Fsp3) is 0.619. The second kappa shape index (κ2) is 6.79. The minimum atomic E-state index is -0.358. The standard InChI is InChI=1S/C21H31NO2/c1-4-5-6-7-15-11-18(23)20-16-10-14(2)8-9-17(16)21(3,13-22)24-19(20)12-15/h8,11-12,16-17,23H,4-7,9-10,13,22H2,1-3H3/t16-,17-,21?/m1/s1. The summed E-state index contributed by atoms with van der Waals surface area (Å²) in [6.45, 7) is 7.02. The van der Waals surface area contributed by atoms with Crippen molar-refractivity contribution in [3.63, 3.8) is 0 Å². The number of nitrogens with two attached hydrogens (primary N) is 1. The third-order valence-corrected chi connectivity index (χ3v) is 5.90. The Morgan fingerprint density at radius 1 is 1.33 bits per heavy atom. The van der Waals surface area contributed by atoms with Crippen LogP contribution >= 0.6 is 0 Å². The molecule has 1 aliphatic carbocycles. The molecule has 3 rings (SSSR count). The number of fused-ring (bicyclic) bond motifs is 3. The molecule has 1 heterocycles. The van der Waals surface area contributed by atoms with Crippen LogP contribution in [0.15, 0.2) is 23.8 Å². The Bertz CT molecular complexity index is 637. The van der Waals surface area contributed by atoms with Gasteiger partial charge < -0.3 is 15.6 Å². The van der Waals surface area contributed by atoms with E-state index in [4.69, 9.17) is 10.5 Å². The quantitative estimate of drug-likeness (QED) is 0.609. The van der Waals surface area contributed by atoms with Gasteiger partial charge in [0.2, 0.25) is 0 Å². The summed E-state index contributed by atoms with van der Waals surface area (Å²) in [5, 5.41) is 10.7. The van der Waals surface area contributed by atoms with E-state index in [1.54, 1.807) is 0 Å². The highest BCUT2D eigenvalue weighted by atomic mass is 16.5. The molecule has 0 saturated carbocycles. The molecule has 1 aliphatic heterocycles. The molecular formula is C21H31NO2. The van der Waals surface area contributed by atoms with Crippen LogP contribution in [0.25, 0.3) is 0 Å². The Hall–Kier alpha value is -1.48. The molecule has 3 N–H and O–H groups in total. The number of hydrogen-bond acceptors (Lipinski definition) is 3. The molecule has 1 unspecified atom stereocenters. The smallest absolute Gasteiger partial charge is 0.127 e. The predicted molar refractivity (Wildman–Crippen MR) is 98.6 cm³/mol. The van der Waals surface area contributed by atoms with Crippen molar-refractivity contribution in [2.45, 2.75) is 70.8 Å². The second-order valence-electron chi connectivity index (χ2n) is 7.81. The van der Waals surface area contributed by atoms with Gasteiger partial charge in [-0.2, -0.15) is 0 Å². The summed E-state index contributed by atoms with van der Waals surface area (Å²) in [5.41, 5.74) is 9.31. The van der Waals surface area contributed by atoms with Gasteiger partial charge in [0, 0.05) is 23.9 Å². The third kappa shape index (κ3) is 3.06. The summed E-state index contributed by atoms with van der Waals surface area (Å²) in [4.78, 5) is 0. The largest absolute Gasteiger partial charge is 0.508 e.